The van der Waals surface area contributed by atoms with Gasteiger partial charge in [-0.3, -0.25) is 0 Å². The standard InChI is InChI=1S/C10H10ClF12O2P/c1-3-26(11,24-5(7(12,13)14)8(15,16)17)4(2)6(25-26,9(18,19)20)10(21,22)23/h4-5H,3H2,1-2H3. The van der Waals surface area contributed by atoms with Gasteiger partial charge in [0, 0.05) is 0 Å². The van der Waals surface area contributed by atoms with Crippen molar-refractivity contribution in [1.29, 1.82) is 0 Å². The van der Waals surface area contributed by atoms with Gasteiger partial charge in [0.1, 0.15) is 0 Å². The molecule has 0 radical (unpaired) electrons. The molecule has 1 aliphatic heterocycles. The van der Waals surface area contributed by atoms with Gasteiger partial charge in [-0.25, -0.2) is 0 Å². The van der Waals surface area contributed by atoms with E-state index in [4.69, 9.17) is 11.2 Å². The van der Waals surface area contributed by atoms with Crippen molar-refractivity contribution in [3.8, 4) is 0 Å². The van der Waals surface area contributed by atoms with E-state index < -0.39 is 54.6 Å². The Bertz CT molecular complexity index is 520. The SMILES string of the molecule is CCP1(Cl)(OC(C(F)(F)F)C(F)(F)F)OC(C(F)(F)F)(C(F)(F)F)C1C. The zero-order chi connectivity index (χ0) is 21.2. The van der Waals surface area contributed by atoms with E-state index in [2.05, 4.69) is 9.05 Å². The number of rotatable bonds is 3. The van der Waals surface area contributed by atoms with E-state index in [1.165, 1.54) is 0 Å². The molecule has 1 unspecified atom stereocenters. The Kier molecular flexibility index (Phi) is 5.41. The van der Waals surface area contributed by atoms with Crippen LogP contribution in [0.2, 0.25) is 0 Å². The summed E-state index contributed by atoms with van der Waals surface area (Å²) >= 11 is 5.49. The second-order valence-corrected chi connectivity index (χ2v) is 11.6. The molecule has 0 saturated carbocycles. The summed E-state index contributed by atoms with van der Waals surface area (Å²) in [6, 6.07) is 0. The molecule has 0 aromatic heterocycles. The van der Waals surface area contributed by atoms with Gasteiger partial charge in [0.25, 0.3) is 0 Å². The molecule has 1 heterocycles. The first-order chi connectivity index (χ1) is 11.1. The molecule has 26 heavy (non-hydrogen) atoms. The van der Waals surface area contributed by atoms with Crippen LogP contribution >= 0.6 is 17.7 Å². The summed E-state index contributed by atoms with van der Waals surface area (Å²) in [4.78, 5) is 0. The quantitative estimate of drug-likeness (QED) is 0.365. The van der Waals surface area contributed by atoms with Crippen molar-refractivity contribution in [2.75, 3.05) is 6.16 Å². The molecule has 1 rings (SSSR count). The van der Waals surface area contributed by atoms with Gasteiger partial charge in [-0.1, -0.05) is 0 Å². The van der Waals surface area contributed by atoms with Crippen molar-refractivity contribution >= 4 is 17.7 Å². The van der Waals surface area contributed by atoms with Crippen LogP contribution in [0.4, 0.5) is 52.7 Å². The number of hydrogen-bond donors (Lipinski definition) is 0. The van der Waals surface area contributed by atoms with Crippen molar-refractivity contribution < 1.29 is 61.7 Å². The van der Waals surface area contributed by atoms with E-state index in [9.17, 15) is 52.7 Å². The van der Waals surface area contributed by atoms with Gasteiger partial charge in [-0.2, -0.15) is 0 Å². The third-order valence-corrected chi connectivity index (χ3v) is 10.3. The van der Waals surface area contributed by atoms with E-state index in [1.807, 2.05) is 0 Å². The second-order valence-electron chi connectivity index (χ2n) is 5.46. The van der Waals surface area contributed by atoms with E-state index in [1.54, 1.807) is 0 Å². The van der Waals surface area contributed by atoms with Crippen LogP contribution in [-0.2, 0) is 9.05 Å². The van der Waals surface area contributed by atoms with Crippen LogP contribution < -0.4 is 0 Å². The minimum atomic E-state index is -6.22. The first kappa shape index (κ1) is 23.8. The van der Waals surface area contributed by atoms with Crippen molar-refractivity contribution in [1.82, 2.24) is 0 Å². The number of hydrogen-bond acceptors (Lipinski definition) is 2. The molecule has 0 aromatic rings. The van der Waals surface area contributed by atoms with Crippen LogP contribution in [0.15, 0.2) is 0 Å². The van der Waals surface area contributed by atoms with Crippen LogP contribution in [0, 0.1) is 0 Å². The normalized spacial score (nSPS) is 27.5. The van der Waals surface area contributed by atoms with E-state index in [-0.39, 0.29) is 6.92 Å². The Morgan fingerprint density at radius 2 is 1.27 bits per heavy atom. The molecular weight excluding hydrogens is 447 g/mol. The van der Waals surface area contributed by atoms with Gasteiger partial charge in [-0.15, -0.1) is 0 Å². The van der Waals surface area contributed by atoms with Gasteiger partial charge in [0.2, 0.25) is 0 Å². The van der Waals surface area contributed by atoms with Crippen molar-refractivity contribution in [3.63, 3.8) is 0 Å². The predicted octanol–water partition coefficient (Wildman–Crippen LogP) is 6.34. The fourth-order valence-corrected chi connectivity index (χ4v) is 7.24. The Balaban J connectivity index is 3.50. The second kappa shape index (κ2) is 5.90. The van der Waals surface area contributed by atoms with E-state index >= 15 is 0 Å². The Labute approximate surface area is 142 Å². The van der Waals surface area contributed by atoms with Gasteiger partial charge in [0.05, 0.1) is 0 Å². The Morgan fingerprint density at radius 3 is 1.46 bits per heavy atom. The molecule has 1 fully saturated rings. The first-order valence-electron chi connectivity index (χ1n) is 6.47. The number of alkyl halides is 12. The van der Waals surface area contributed by atoms with Crippen LogP contribution in [0.1, 0.15) is 13.8 Å². The molecule has 0 spiro atoms. The Morgan fingerprint density at radius 1 is 0.923 bits per heavy atom. The molecular formula is C10H10ClF12O2P. The van der Waals surface area contributed by atoms with Crippen LogP contribution in [0.5, 0.6) is 0 Å². The van der Waals surface area contributed by atoms with Crippen LogP contribution in [0.25, 0.3) is 0 Å². The summed E-state index contributed by atoms with van der Waals surface area (Å²) in [7, 11) is 0. The van der Waals surface area contributed by atoms with Crippen LogP contribution in [-0.4, -0.2) is 48.2 Å². The van der Waals surface area contributed by atoms with Gasteiger partial charge in [0.15, 0.2) is 0 Å². The molecule has 2 nitrogen and oxygen atoms in total. The van der Waals surface area contributed by atoms with Crippen molar-refractivity contribution in [2.45, 2.75) is 55.9 Å². The summed E-state index contributed by atoms with van der Waals surface area (Å²) in [5.74, 6) is 0. The third-order valence-electron chi connectivity index (χ3n) is 3.98. The Hall–Kier alpha value is -0.200. The van der Waals surface area contributed by atoms with Gasteiger partial charge in [-0.05, 0) is 0 Å². The maximum atomic E-state index is 13.0. The summed E-state index contributed by atoms with van der Waals surface area (Å²) in [6.45, 7) is 0.768. The average molecular weight is 457 g/mol. The molecule has 0 bridgehead atoms. The summed E-state index contributed by atoms with van der Waals surface area (Å²) in [5, 5.41) is 0. The minimum absolute atomic E-state index is 0.0998. The maximum absolute atomic E-state index is 13.0. The fourth-order valence-electron chi connectivity index (χ4n) is 2.54. The molecule has 0 aliphatic carbocycles. The molecule has 1 saturated heterocycles. The third kappa shape index (κ3) is 3.35. The zero-order valence-corrected chi connectivity index (χ0v) is 14.2. The zero-order valence-electron chi connectivity index (χ0n) is 12.5. The van der Waals surface area contributed by atoms with Crippen molar-refractivity contribution in [3.05, 3.63) is 0 Å². The van der Waals surface area contributed by atoms with E-state index in [0.29, 0.717) is 6.92 Å². The van der Waals surface area contributed by atoms with Crippen molar-refractivity contribution in [2.24, 2.45) is 0 Å². The van der Waals surface area contributed by atoms with Crippen LogP contribution in [0.3, 0.4) is 0 Å². The summed E-state index contributed by atoms with van der Waals surface area (Å²) < 4.78 is 161. The van der Waals surface area contributed by atoms with Gasteiger partial charge >= 0.3 is 141 Å². The molecule has 158 valence electrons. The summed E-state index contributed by atoms with van der Waals surface area (Å²) in [5.41, 5.74) is -8.12. The summed E-state index contributed by atoms with van der Waals surface area (Å²) in [6.07, 6.45) is -37.0. The molecule has 16 heteroatoms. The molecule has 0 aromatic carbocycles. The fraction of sp³-hybridized carbons (Fsp3) is 1.00. The van der Waals surface area contributed by atoms with Gasteiger partial charge < -0.3 is 0 Å². The first-order valence-corrected chi connectivity index (χ1v) is 9.70. The number of halogens is 13. The molecule has 0 amide bonds. The average Bonchev–Trinajstić information content (AvgIpc) is 2.36. The predicted molar refractivity (Wildman–Crippen MR) is 65.7 cm³/mol. The van der Waals surface area contributed by atoms with E-state index in [0.717, 1.165) is 0 Å². The molecule has 0 N–H and O–H groups in total. The molecule has 1 aliphatic rings. The molecule has 1 atom stereocenters. The topological polar surface area (TPSA) is 18.5 Å². The monoisotopic (exact) mass is 456 g/mol.